The summed E-state index contributed by atoms with van der Waals surface area (Å²) < 4.78 is 0. The van der Waals surface area contributed by atoms with Crippen molar-refractivity contribution in [1.29, 1.82) is 0 Å². The van der Waals surface area contributed by atoms with E-state index < -0.39 is 6.04 Å². The van der Waals surface area contributed by atoms with Gasteiger partial charge in [-0.05, 0) is 12.8 Å². The quantitative estimate of drug-likeness (QED) is 0.546. The number of amides is 2. The van der Waals surface area contributed by atoms with Crippen LogP contribution in [0.15, 0.2) is 6.20 Å². The van der Waals surface area contributed by atoms with E-state index in [4.69, 9.17) is 5.73 Å². The van der Waals surface area contributed by atoms with Crippen molar-refractivity contribution in [2.45, 2.75) is 26.8 Å². The molecule has 0 saturated carbocycles. The van der Waals surface area contributed by atoms with Crippen molar-refractivity contribution in [2.24, 2.45) is 11.7 Å². The van der Waals surface area contributed by atoms with Crippen LogP contribution in [0.2, 0.25) is 0 Å². The highest BCUT2D eigenvalue weighted by Gasteiger charge is 2.22. The SMILES string of the molecule is CNC(=O)[C@@H](Nc1ncc(C(=O)NCCN)c(C)n1)C(C)C. The molecule has 1 aromatic rings. The number of aryl methyl sites for hydroxylation is 1. The predicted molar refractivity (Wildman–Crippen MR) is 84.5 cm³/mol. The Kier molecular flexibility index (Phi) is 6.71. The molecule has 2 amide bonds. The molecule has 8 nitrogen and oxygen atoms in total. The maximum Gasteiger partial charge on any atom is 0.254 e. The number of nitrogens with one attached hydrogen (secondary N) is 3. The van der Waals surface area contributed by atoms with Gasteiger partial charge >= 0.3 is 0 Å². The van der Waals surface area contributed by atoms with Crippen LogP contribution in [-0.4, -0.2) is 48.0 Å². The van der Waals surface area contributed by atoms with E-state index in [2.05, 4.69) is 25.9 Å². The van der Waals surface area contributed by atoms with Crippen LogP contribution in [0.4, 0.5) is 5.95 Å². The second-order valence-electron chi connectivity index (χ2n) is 5.22. The number of carbonyl (C=O) groups is 2. The molecule has 0 bridgehead atoms. The van der Waals surface area contributed by atoms with Gasteiger partial charge in [0.25, 0.3) is 5.91 Å². The van der Waals surface area contributed by atoms with Crippen LogP contribution in [0.1, 0.15) is 29.9 Å². The van der Waals surface area contributed by atoms with Crippen LogP contribution >= 0.6 is 0 Å². The number of hydrogen-bond donors (Lipinski definition) is 4. The molecule has 0 spiro atoms. The molecule has 0 fully saturated rings. The van der Waals surface area contributed by atoms with Gasteiger partial charge < -0.3 is 21.7 Å². The van der Waals surface area contributed by atoms with Gasteiger partial charge in [-0.3, -0.25) is 9.59 Å². The lowest BCUT2D eigenvalue weighted by molar-refractivity contribution is -0.122. The lowest BCUT2D eigenvalue weighted by Crippen LogP contribution is -2.42. The minimum Gasteiger partial charge on any atom is -0.357 e. The summed E-state index contributed by atoms with van der Waals surface area (Å²) in [6.45, 7) is 6.33. The average Bonchev–Trinajstić information content (AvgIpc) is 2.49. The molecule has 1 atom stereocenters. The van der Waals surface area contributed by atoms with Crippen molar-refractivity contribution < 1.29 is 9.59 Å². The van der Waals surface area contributed by atoms with Crippen LogP contribution in [0, 0.1) is 12.8 Å². The summed E-state index contributed by atoms with van der Waals surface area (Å²) in [7, 11) is 1.58. The molecular formula is C14H24N6O2. The molecule has 0 aliphatic carbocycles. The number of carbonyl (C=O) groups excluding carboxylic acids is 2. The topological polar surface area (TPSA) is 122 Å². The Labute approximate surface area is 130 Å². The highest BCUT2D eigenvalue weighted by Crippen LogP contribution is 2.11. The number of nitrogens with two attached hydrogens (primary N) is 1. The van der Waals surface area contributed by atoms with Gasteiger partial charge in [0, 0.05) is 26.3 Å². The molecule has 8 heteroatoms. The first kappa shape index (κ1) is 17.8. The van der Waals surface area contributed by atoms with Gasteiger partial charge in [-0.1, -0.05) is 13.8 Å². The third-order valence-electron chi connectivity index (χ3n) is 3.13. The predicted octanol–water partition coefficient (Wildman–Crippen LogP) is -0.344. The lowest BCUT2D eigenvalue weighted by Gasteiger charge is -2.20. The zero-order valence-corrected chi connectivity index (χ0v) is 13.4. The van der Waals surface area contributed by atoms with Crippen molar-refractivity contribution in [1.82, 2.24) is 20.6 Å². The second-order valence-corrected chi connectivity index (χ2v) is 5.22. The van der Waals surface area contributed by atoms with Crippen LogP contribution < -0.4 is 21.7 Å². The third-order valence-corrected chi connectivity index (χ3v) is 3.13. The molecule has 0 saturated heterocycles. The van der Waals surface area contributed by atoms with Gasteiger partial charge in [0.1, 0.15) is 6.04 Å². The highest BCUT2D eigenvalue weighted by molar-refractivity contribution is 5.95. The molecule has 1 heterocycles. The van der Waals surface area contributed by atoms with Crippen LogP contribution in [-0.2, 0) is 4.79 Å². The van der Waals surface area contributed by atoms with Crippen molar-refractivity contribution in [3.63, 3.8) is 0 Å². The van der Waals surface area contributed by atoms with Crippen molar-refractivity contribution >= 4 is 17.8 Å². The molecule has 22 heavy (non-hydrogen) atoms. The molecule has 122 valence electrons. The zero-order valence-electron chi connectivity index (χ0n) is 13.4. The smallest absolute Gasteiger partial charge is 0.254 e. The Morgan fingerprint density at radius 3 is 2.55 bits per heavy atom. The van der Waals surface area contributed by atoms with Crippen LogP contribution in [0.5, 0.6) is 0 Å². The summed E-state index contributed by atoms with van der Waals surface area (Å²) >= 11 is 0. The second kappa shape index (κ2) is 8.28. The fourth-order valence-electron chi connectivity index (χ4n) is 1.87. The number of hydrogen-bond acceptors (Lipinski definition) is 6. The Morgan fingerprint density at radius 2 is 2.05 bits per heavy atom. The van der Waals surface area contributed by atoms with Crippen LogP contribution in [0.3, 0.4) is 0 Å². The summed E-state index contributed by atoms with van der Waals surface area (Å²) in [4.78, 5) is 32.1. The largest absolute Gasteiger partial charge is 0.357 e. The zero-order chi connectivity index (χ0) is 16.7. The summed E-state index contributed by atoms with van der Waals surface area (Å²) in [6.07, 6.45) is 1.44. The maximum atomic E-state index is 11.9. The van der Waals surface area contributed by atoms with Gasteiger partial charge in [0.2, 0.25) is 11.9 Å². The van der Waals surface area contributed by atoms with E-state index in [1.54, 1.807) is 14.0 Å². The average molecular weight is 308 g/mol. The van der Waals surface area contributed by atoms with Gasteiger partial charge in [0.05, 0.1) is 11.3 Å². The van der Waals surface area contributed by atoms with Gasteiger partial charge in [-0.15, -0.1) is 0 Å². The number of aromatic nitrogens is 2. The molecule has 1 rings (SSSR count). The number of likely N-dealkylation sites (N-methyl/N-ethyl adjacent to an activating group) is 1. The summed E-state index contributed by atoms with van der Waals surface area (Å²) in [5.41, 5.74) is 6.27. The van der Waals surface area contributed by atoms with E-state index in [0.717, 1.165) is 0 Å². The molecule has 0 aliphatic heterocycles. The van der Waals surface area contributed by atoms with Crippen LogP contribution in [0.25, 0.3) is 0 Å². The first-order chi connectivity index (χ1) is 10.4. The normalized spacial score (nSPS) is 11.9. The van der Waals surface area contributed by atoms with Crippen molar-refractivity contribution in [2.75, 3.05) is 25.5 Å². The summed E-state index contributed by atoms with van der Waals surface area (Å²) in [5.74, 6) is -0.0196. The molecule has 1 aromatic heterocycles. The fraction of sp³-hybridized carbons (Fsp3) is 0.571. The van der Waals surface area contributed by atoms with Gasteiger partial charge in [-0.25, -0.2) is 9.97 Å². The Hall–Kier alpha value is -2.22. The minimum absolute atomic E-state index is 0.0661. The molecule has 0 aliphatic rings. The van der Waals surface area contributed by atoms with E-state index in [9.17, 15) is 9.59 Å². The molecule has 0 aromatic carbocycles. The van der Waals surface area contributed by atoms with Crippen molar-refractivity contribution in [3.05, 3.63) is 17.5 Å². The Balaban J connectivity index is 2.88. The van der Waals surface area contributed by atoms with E-state index in [0.29, 0.717) is 30.3 Å². The highest BCUT2D eigenvalue weighted by atomic mass is 16.2. The molecule has 5 N–H and O–H groups in total. The Bertz CT molecular complexity index is 532. The third kappa shape index (κ3) is 4.66. The number of anilines is 1. The fourth-order valence-corrected chi connectivity index (χ4v) is 1.87. The van der Waals surface area contributed by atoms with Gasteiger partial charge in [-0.2, -0.15) is 0 Å². The Morgan fingerprint density at radius 1 is 1.36 bits per heavy atom. The van der Waals surface area contributed by atoms with E-state index in [-0.39, 0.29) is 17.7 Å². The minimum atomic E-state index is -0.443. The standard InChI is InChI=1S/C14H24N6O2/c1-8(2)11(13(22)16-4)20-14-18-7-10(9(3)19-14)12(21)17-6-5-15/h7-8,11H,5-6,15H2,1-4H3,(H,16,22)(H,17,21)(H,18,19,20)/t11-/m0/s1. The molecular weight excluding hydrogens is 284 g/mol. The molecule has 0 unspecified atom stereocenters. The summed E-state index contributed by atoms with van der Waals surface area (Å²) in [6, 6.07) is -0.443. The first-order valence-corrected chi connectivity index (χ1v) is 7.20. The lowest BCUT2D eigenvalue weighted by atomic mass is 10.0. The molecule has 0 radical (unpaired) electrons. The summed E-state index contributed by atoms with van der Waals surface area (Å²) in [5, 5.41) is 8.26. The van der Waals surface area contributed by atoms with Crippen molar-refractivity contribution in [3.8, 4) is 0 Å². The first-order valence-electron chi connectivity index (χ1n) is 7.20. The van der Waals surface area contributed by atoms with E-state index in [1.165, 1.54) is 6.20 Å². The van der Waals surface area contributed by atoms with E-state index in [1.807, 2.05) is 13.8 Å². The van der Waals surface area contributed by atoms with Gasteiger partial charge in [0.15, 0.2) is 0 Å². The maximum absolute atomic E-state index is 11.9. The number of nitrogens with zero attached hydrogens (tertiary/aromatic N) is 2. The van der Waals surface area contributed by atoms with E-state index >= 15 is 0 Å². The monoisotopic (exact) mass is 308 g/mol. The number of rotatable bonds is 7.